The van der Waals surface area contributed by atoms with Crippen LogP contribution in [0.5, 0.6) is 0 Å². The summed E-state index contributed by atoms with van der Waals surface area (Å²) in [5.41, 5.74) is 0. The minimum atomic E-state index is -0.883. The highest BCUT2D eigenvalue weighted by atomic mass is 16.3. The molecule has 1 amide bonds. The van der Waals surface area contributed by atoms with Gasteiger partial charge in [0.15, 0.2) is 0 Å². The lowest BCUT2D eigenvalue weighted by molar-refractivity contribution is -0.123. The molecule has 0 fully saturated rings. The number of carbonyl (C=O) groups is 1. The Bertz CT molecular complexity index is 1260. The molecule has 0 spiro atoms. The van der Waals surface area contributed by atoms with Crippen molar-refractivity contribution >= 4 is 5.91 Å². The smallest absolute Gasteiger partial charge is 0.220 e. The molecule has 4 heteroatoms. The highest BCUT2D eigenvalue weighted by molar-refractivity contribution is 5.76. The first-order valence-corrected chi connectivity index (χ1v) is 26.2. The molecule has 2 unspecified atom stereocenters. The fourth-order valence-corrected chi connectivity index (χ4v) is 7.21. The standard InChI is InChI=1S/C59H99NO3/c1-3-5-7-9-11-13-15-17-19-21-23-25-27-28-29-30-31-32-33-35-37-39-41-43-45-47-49-51-53-55-59(63)60-57(56-61)58(62)54-52-50-48-46-44-42-40-38-36-34-26-24-22-20-18-16-14-12-10-8-6-4-2/h5,7,11,13,17,19,23,25,28-29,31-32,35,37,41,43-44,46,52,54,57-58,61-62H,3-4,6,8-10,12,14-16,18,20-22,24,26-27,30,33-34,36,38-40,42,45,47-51,53,55-56H2,1-2H3,(H,60,63)/b7-5-,13-11-,19-17-,25-23-,29-28-,32-31-,37-35-,43-41-,46-44+,54-52+. The van der Waals surface area contributed by atoms with E-state index in [2.05, 4.69) is 129 Å². The molecule has 0 radical (unpaired) electrons. The number of unbranched alkanes of at least 4 members (excludes halogenated alkanes) is 21. The number of hydrogen-bond donors (Lipinski definition) is 3. The molecule has 4 nitrogen and oxygen atoms in total. The third-order valence-electron chi connectivity index (χ3n) is 11.2. The van der Waals surface area contributed by atoms with Crippen molar-refractivity contribution in [1.29, 1.82) is 0 Å². The van der Waals surface area contributed by atoms with Crippen molar-refractivity contribution < 1.29 is 15.0 Å². The van der Waals surface area contributed by atoms with Gasteiger partial charge in [-0.3, -0.25) is 4.79 Å². The van der Waals surface area contributed by atoms with Crippen LogP contribution < -0.4 is 5.32 Å². The predicted molar refractivity (Wildman–Crippen MR) is 280 cm³/mol. The van der Waals surface area contributed by atoms with Crippen LogP contribution in [0.4, 0.5) is 0 Å². The van der Waals surface area contributed by atoms with Gasteiger partial charge in [-0.05, 0) is 96.3 Å². The Balaban J connectivity index is 3.71. The van der Waals surface area contributed by atoms with E-state index in [-0.39, 0.29) is 12.5 Å². The van der Waals surface area contributed by atoms with Crippen molar-refractivity contribution in [3.63, 3.8) is 0 Å². The number of carbonyl (C=O) groups excluding carboxylic acids is 1. The second-order valence-corrected chi connectivity index (χ2v) is 17.2. The third kappa shape index (κ3) is 49.7. The van der Waals surface area contributed by atoms with Gasteiger partial charge in [-0.25, -0.2) is 0 Å². The number of amides is 1. The molecule has 0 heterocycles. The van der Waals surface area contributed by atoms with Gasteiger partial charge in [-0.15, -0.1) is 0 Å². The molecule has 0 aromatic rings. The zero-order valence-electron chi connectivity index (χ0n) is 41.0. The number of nitrogens with one attached hydrogen (secondary N) is 1. The van der Waals surface area contributed by atoms with Crippen LogP contribution in [-0.4, -0.2) is 34.9 Å². The van der Waals surface area contributed by atoms with E-state index in [1.165, 1.54) is 103 Å². The van der Waals surface area contributed by atoms with Crippen molar-refractivity contribution in [3.8, 4) is 0 Å². The van der Waals surface area contributed by atoms with Gasteiger partial charge in [0.25, 0.3) is 0 Å². The molecular formula is C59H99NO3. The van der Waals surface area contributed by atoms with E-state index in [1.807, 2.05) is 6.08 Å². The van der Waals surface area contributed by atoms with Gasteiger partial charge < -0.3 is 15.5 Å². The molecular weight excluding hydrogens is 771 g/mol. The maximum absolute atomic E-state index is 12.4. The van der Waals surface area contributed by atoms with Crippen LogP contribution in [0, 0.1) is 0 Å². The van der Waals surface area contributed by atoms with Crippen LogP contribution in [0.15, 0.2) is 122 Å². The summed E-state index contributed by atoms with van der Waals surface area (Å²) in [4.78, 5) is 12.4. The van der Waals surface area contributed by atoms with Crippen molar-refractivity contribution in [3.05, 3.63) is 122 Å². The summed E-state index contributed by atoms with van der Waals surface area (Å²) in [6.45, 7) is 4.17. The first-order valence-electron chi connectivity index (χ1n) is 26.2. The first-order chi connectivity index (χ1) is 31.2. The quantitative estimate of drug-likeness (QED) is 0.0422. The summed E-state index contributed by atoms with van der Waals surface area (Å²) in [5.74, 6) is -0.103. The van der Waals surface area contributed by atoms with Crippen molar-refractivity contribution in [1.82, 2.24) is 5.32 Å². The molecule has 0 rings (SSSR count). The van der Waals surface area contributed by atoms with Crippen LogP contribution in [0.1, 0.15) is 226 Å². The second-order valence-electron chi connectivity index (χ2n) is 17.2. The monoisotopic (exact) mass is 870 g/mol. The van der Waals surface area contributed by atoms with Gasteiger partial charge in [0.05, 0.1) is 18.8 Å². The lowest BCUT2D eigenvalue weighted by Gasteiger charge is -2.19. The summed E-state index contributed by atoms with van der Waals surface area (Å²) in [6.07, 6.45) is 81.9. The molecule has 0 saturated carbocycles. The Hall–Kier alpha value is -3.21. The van der Waals surface area contributed by atoms with Crippen LogP contribution in [0.25, 0.3) is 0 Å². The van der Waals surface area contributed by atoms with Gasteiger partial charge >= 0.3 is 0 Å². The van der Waals surface area contributed by atoms with Gasteiger partial charge in [0.2, 0.25) is 5.91 Å². The van der Waals surface area contributed by atoms with Gasteiger partial charge in [-0.1, -0.05) is 245 Å². The van der Waals surface area contributed by atoms with E-state index in [4.69, 9.17) is 0 Å². The summed E-state index contributed by atoms with van der Waals surface area (Å²) >= 11 is 0. The second kappa shape index (κ2) is 53.1. The molecule has 0 saturated heterocycles. The van der Waals surface area contributed by atoms with Crippen LogP contribution in [0.3, 0.4) is 0 Å². The zero-order valence-corrected chi connectivity index (χ0v) is 41.0. The number of aliphatic hydroxyl groups is 2. The zero-order chi connectivity index (χ0) is 45.6. The molecule has 0 aromatic carbocycles. The van der Waals surface area contributed by atoms with E-state index in [1.54, 1.807) is 6.08 Å². The van der Waals surface area contributed by atoms with E-state index < -0.39 is 12.1 Å². The van der Waals surface area contributed by atoms with Crippen LogP contribution in [-0.2, 0) is 4.79 Å². The highest BCUT2D eigenvalue weighted by Crippen LogP contribution is 2.14. The minimum absolute atomic E-state index is 0.103. The molecule has 0 aliphatic rings. The van der Waals surface area contributed by atoms with E-state index in [0.717, 1.165) is 103 Å². The summed E-state index contributed by atoms with van der Waals surface area (Å²) in [7, 11) is 0. The SMILES string of the molecule is CC/C=C\C/C=C\C/C=C\C/C=C\C/C=C\C/C=C\C/C=C\C/C=C\CCCCCCC(=O)NC(CO)C(O)/C=C/CC/C=C/CCCCCCCCCCCCCCCCCC. The molecule has 358 valence electrons. The van der Waals surface area contributed by atoms with E-state index >= 15 is 0 Å². The average molecular weight is 870 g/mol. The third-order valence-corrected chi connectivity index (χ3v) is 11.2. The van der Waals surface area contributed by atoms with Gasteiger partial charge in [0, 0.05) is 6.42 Å². The minimum Gasteiger partial charge on any atom is -0.394 e. The van der Waals surface area contributed by atoms with Crippen LogP contribution in [0.2, 0.25) is 0 Å². The largest absolute Gasteiger partial charge is 0.394 e. The fraction of sp³-hybridized carbons (Fsp3) is 0.644. The molecule has 3 N–H and O–H groups in total. The molecule has 2 atom stereocenters. The van der Waals surface area contributed by atoms with Crippen molar-refractivity contribution in [2.45, 2.75) is 238 Å². The predicted octanol–water partition coefficient (Wildman–Crippen LogP) is 17.3. The summed E-state index contributed by atoms with van der Waals surface area (Å²) in [5, 5.41) is 23.1. The Morgan fingerprint density at radius 3 is 1.11 bits per heavy atom. The fourth-order valence-electron chi connectivity index (χ4n) is 7.21. The molecule has 0 aromatic heterocycles. The normalized spacial score (nSPS) is 13.9. The number of allylic oxidation sites excluding steroid dienone is 19. The number of aliphatic hydroxyl groups excluding tert-OH is 2. The highest BCUT2D eigenvalue weighted by Gasteiger charge is 2.17. The summed E-state index contributed by atoms with van der Waals surface area (Å²) in [6, 6.07) is -0.663. The maximum Gasteiger partial charge on any atom is 0.220 e. The Morgan fingerprint density at radius 2 is 0.714 bits per heavy atom. The van der Waals surface area contributed by atoms with Crippen LogP contribution >= 0.6 is 0 Å². The van der Waals surface area contributed by atoms with Crippen molar-refractivity contribution in [2.75, 3.05) is 6.61 Å². The Kier molecular flexibility index (Phi) is 50.4. The van der Waals surface area contributed by atoms with Gasteiger partial charge in [0.1, 0.15) is 0 Å². The number of hydrogen-bond acceptors (Lipinski definition) is 3. The topological polar surface area (TPSA) is 69.6 Å². The molecule has 0 aliphatic heterocycles. The maximum atomic E-state index is 12.4. The average Bonchev–Trinajstić information content (AvgIpc) is 3.29. The lowest BCUT2D eigenvalue weighted by atomic mass is 10.0. The molecule has 0 aliphatic carbocycles. The Morgan fingerprint density at radius 1 is 0.397 bits per heavy atom. The van der Waals surface area contributed by atoms with E-state index in [0.29, 0.717) is 6.42 Å². The lowest BCUT2D eigenvalue weighted by Crippen LogP contribution is -2.45. The summed E-state index contributed by atoms with van der Waals surface area (Å²) < 4.78 is 0. The first kappa shape index (κ1) is 59.8. The molecule has 0 bridgehead atoms. The number of rotatable bonds is 46. The van der Waals surface area contributed by atoms with E-state index in [9.17, 15) is 15.0 Å². The van der Waals surface area contributed by atoms with Gasteiger partial charge in [-0.2, -0.15) is 0 Å². The Labute approximate surface area is 390 Å². The molecule has 63 heavy (non-hydrogen) atoms. The van der Waals surface area contributed by atoms with Crippen molar-refractivity contribution in [2.24, 2.45) is 0 Å².